The molecule has 23 heavy (non-hydrogen) atoms. The van der Waals surface area contributed by atoms with Gasteiger partial charge < -0.3 is 15.5 Å². The van der Waals surface area contributed by atoms with Gasteiger partial charge in [0.1, 0.15) is 6.54 Å². The number of guanidine groups is 1. The Hall–Kier alpha value is -1.56. The van der Waals surface area contributed by atoms with E-state index in [-0.39, 0.29) is 18.5 Å². The molecule has 1 aromatic rings. The van der Waals surface area contributed by atoms with E-state index in [1.165, 1.54) is 9.75 Å². The molecule has 1 aromatic heterocycles. The summed E-state index contributed by atoms with van der Waals surface area (Å²) < 4.78 is 0. The lowest BCUT2D eigenvalue weighted by Crippen LogP contribution is -2.44. The van der Waals surface area contributed by atoms with Gasteiger partial charge in [-0.3, -0.25) is 4.79 Å². The van der Waals surface area contributed by atoms with Crippen LogP contribution in [-0.2, 0) is 11.2 Å². The third-order valence-corrected chi connectivity index (χ3v) is 4.40. The summed E-state index contributed by atoms with van der Waals surface area (Å²) in [5, 5.41) is 6.71. The summed E-state index contributed by atoms with van der Waals surface area (Å²) in [7, 11) is 3.49. The molecule has 0 aliphatic heterocycles. The number of thiophene rings is 1. The maximum absolute atomic E-state index is 11.7. The fourth-order valence-corrected chi connectivity index (χ4v) is 3.02. The van der Waals surface area contributed by atoms with Crippen molar-refractivity contribution >= 4 is 23.2 Å². The first-order valence-electron chi connectivity index (χ1n) is 8.22. The van der Waals surface area contributed by atoms with Gasteiger partial charge in [0.05, 0.1) is 0 Å². The van der Waals surface area contributed by atoms with Crippen LogP contribution in [-0.4, -0.2) is 50.0 Å². The van der Waals surface area contributed by atoms with Gasteiger partial charge in [-0.25, -0.2) is 4.99 Å². The van der Waals surface area contributed by atoms with Crippen molar-refractivity contribution in [3.05, 3.63) is 21.9 Å². The summed E-state index contributed by atoms with van der Waals surface area (Å²) in [6.07, 6.45) is 3.16. The van der Waals surface area contributed by atoms with Crippen molar-refractivity contribution in [1.29, 1.82) is 0 Å². The number of hydrogen-bond acceptors (Lipinski definition) is 3. The zero-order valence-electron chi connectivity index (χ0n) is 15.0. The number of hydrogen-bond donors (Lipinski definition) is 2. The molecule has 130 valence electrons. The van der Waals surface area contributed by atoms with Gasteiger partial charge in [-0.2, -0.15) is 0 Å². The minimum atomic E-state index is 0.00289. The first kappa shape index (κ1) is 19.5. The average molecular weight is 339 g/mol. The van der Waals surface area contributed by atoms with Crippen LogP contribution in [0.5, 0.6) is 0 Å². The summed E-state index contributed by atoms with van der Waals surface area (Å²) in [6, 6.07) is 4.59. The minimum absolute atomic E-state index is 0.00289. The molecule has 0 bridgehead atoms. The molecule has 0 saturated heterocycles. The predicted molar refractivity (Wildman–Crippen MR) is 99.3 cm³/mol. The Morgan fingerprint density at radius 1 is 1.39 bits per heavy atom. The third-order valence-electron chi connectivity index (χ3n) is 3.38. The van der Waals surface area contributed by atoms with E-state index >= 15 is 0 Å². The molecule has 6 heteroatoms. The fourth-order valence-electron chi connectivity index (χ4n) is 2.01. The topological polar surface area (TPSA) is 56.7 Å². The number of rotatable bonds is 8. The summed E-state index contributed by atoms with van der Waals surface area (Å²) >= 11 is 1.83. The molecule has 0 fully saturated rings. The number of nitrogens with one attached hydrogen (secondary N) is 2. The number of aryl methyl sites for hydroxylation is 1. The van der Waals surface area contributed by atoms with Crippen molar-refractivity contribution in [2.24, 2.45) is 4.99 Å². The fraction of sp³-hybridized carbons (Fsp3) is 0.647. The van der Waals surface area contributed by atoms with E-state index in [0.717, 1.165) is 31.8 Å². The van der Waals surface area contributed by atoms with E-state index < -0.39 is 0 Å². The van der Waals surface area contributed by atoms with Gasteiger partial charge in [-0.05, 0) is 32.4 Å². The van der Waals surface area contributed by atoms with Crippen LogP contribution in [0.25, 0.3) is 0 Å². The number of aliphatic imine (C=N–C) groups is 1. The van der Waals surface area contributed by atoms with Crippen LogP contribution in [0, 0.1) is 6.92 Å². The van der Waals surface area contributed by atoms with Gasteiger partial charge in [-0.15, -0.1) is 11.3 Å². The number of nitrogens with zero attached hydrogens (tertiary/aromatic N) is 2. The van der Waals surface area contributed by atoms with Gasteiger partial charge in [0.2, 0.25) is 5.91 Å². The molecule has 0 aliphatic carbocycles. The normalized spacial score (nSPS) is 12.8. The van der Waals surface area contributed by atoms with Crippen molar-refractivity contribution in [3.63, 3.8) is 0 Å². The second-order valence-corrected chi connectivity index (χ2v) is 7.37. The molecular formula is C17H30N4OS. The molecule has 0 spiro atoms. The van der Waals surface area contributed by atoms with Crippen LogP contribution >= 0.6 is 11.3 Å². The van der Waals surface area contributed by atoms with Crippen molar-refractivity contribution in [2.45, 2.75) is 46.1 Å². The highest BCUT2D eigenvalue weighted by molar-refractivity contribution is 7.11. The minimum Gasteiger partial charge on any atom is -0.356 e. The molecule has 0 saturated carbocycles. The maximum Gasteiger partial charge on any atom is 0.243 e. The molecule has 2 N–H and O–H groups in total. The van der Waals surface area contributed by atoms with Crippen LogP contribution < -0.4 is 10.6 Å². The van der Waals surface area contributed by atoms with E-state index in [0.29, 0.717) is 0 Å². The van der Waals surface area contributed by atoms with Crippen molar-refractivity contribution in [2.75, 3.05) is 27.2 Å². The standard InChI is InChI=1S/C17H30N4OS/c1-6-7-10-18-17(19-12-16(22)21(4)5)20-13(2)11-15-9-8-14(3)23-15/h8-9,13H,6-7,10-12H2,1-5H3,(H2,18,19,20). The lowest BCUT2D eigenvalue weighted by atomic mass is 10.2. The SMILES string of the molecule is CCCCNC(=NCC(=O)N(C)C)NC(C)Cc1ccc(C)s1. The molecule has 1 amide bonds. The molecule has 1 rings (SSSR count). The Morgan fingerprint density at radius 3 is 2.70 bits per heavy atom. The molecule has 1 unspecified atom stereocenters. The van der Waals surface area contributed by atoms with Crippen LogP contribution in [0.2, 0.25) is 0 Å². The van der Waals surface area contributed by atoms with Crippen molar-refractivity contribution in [3.8, 4) is 0 Å². The number of likely N-dealkylation sites (N-methyl/N-ethyl adjacent to an activating group) is 1. The second kappa shape index (κ2) is 10.3. The molecule has 5 nitrogen and oxygen atoms in total. The zero-order valence-corrected chi connectivity index (χ0v) is 15.8. The molecule has 1 atom stereocenters. The molecular weight excluding hydrogens is 308 g/mol. The Bertz CT molecular complexity index is 510. The van der Waals surface area contributed by atoms with E-state index in [4.69, 9.17) is 0 Å². The average Bonchev–Trinajstić information content (AvgIpc) is 2.89. The van der Waals surface area contributed by atoms with Crippen molar-refractivity contribution < 1.29 is 4.79 Å². The first-order valence-corrected chi connectivity index (χ1v) is 9.04. The smallest absolute Gasteiger partial charge is 0.243 e. The lowest BCUT2D eigenvalue weighted by molar-refractivity contribution is -0.127. The highest BCUT2D eigenvalue weighted by atomic mass is 32.1. The summed E-state index contributed by atoms with van der Waals surface area (Å²) in [5.74, 6) is 0.720. The number of amides is 1. The maximum atomic E-state index is 11.7. The monoisotopic (exact) mass is 338 g/mol. The quantitative estimate of drug-likeness (QED) is 0.435. The van der Waals surface area contributed by atoms with Gasteiger partial charge in [0.25, 0.3) is 0 Å². The Balaban J connectivity index is 2.59. The number of unbranched alkanes of at least 4 members (excludes halogenated alkanes) is 1. The van der Waals surface area contributed by atoms with Crippen LogP contribution in [0.1, 0.15) is 36.4 Å². The zero-order chi connectivity index (χ0) is 17.2. The Labute approximate surface area is 144 Å². The second-order valence-electron chi connectivity index (χ2n) is 6.00. The largest absolute Gasteiger partial charge is 0.356 e. The van der Waals surface area contributed by atoms with E-state index in [9.17, 15) is 4.79 Å². The molecule has 0 radical (unpaired) electrons. The predicted octanol–water partition coefficient (Wildman–Crippen LogP) is 2.41. The lowest BCUT2D eigenvalue weighted by Gasteiger charge is -2.18. The van der Waals surface area contributed by atoms with Gasteiger partial charge >= 0.3 is 0 Å². The van der Waals surface area contributed by atoms with Gasteiger partial charge in [0, 0.05) is 42.9 Å². The van der Waals surface area contributed by atoms with E-state index in [2.05, 4.69) is 48.5 Å². The summed E-state index contributed by atoms with van der Waals surface area (Å²) in [6.45, 7) is 7.45. The Kier molecular flexibility index (Phi) is 8.69. The number of carbonyl (C=O) groups excluding carboxylic acids is 1. The summed E-state index contributed by atoms with van der Waals surface area (Å²) in [5.41, 5.74) is 0. The van der Waals surface area contributed by atoms with Crippen LogP contribution in [0.4, 0.5) is 0 Å². The summed E-state index contributed by atoms with van der Waals surface area (Å²) in [4.78, 5) is 20.4. The highest BCUT2D eigenvalue weighted by Gasteiger charge is 2.09. The van der Waals surface area contributed by atoms with E-state index in [1.807, 2.05) is 11.3 Å². The molecule has 0 aliphatic rings. The third kappa shape index (κ3) is 8.02. The van der Waals surface area contributed by atoms with Crippen LogP contribution in [0.3, 0.4) is 0 Å². The Morgan fingerprint density at radius 2 is 2.13 bits per heavy atom. The van der Waals surface area contributed by atoms with Crippen molar-refractivity contribution in [1.82, 2.24) is 15.5 Å². The van der Waals surface area contributed by atoms with Gasteiger partial charge in [-0.1, -0.05) is 13.3 Å². The first-order chi connectivity index (χ1) is 10.9. The highest BCUT2D eigenvalue weighted by Crippen LogP contribution is 2.16. The number of carbonyl (C=O) groups is 1. The van der Waals surface area contributed by atoms with E-state index in [1.54, 1.807) is 19.0 Å². The van der Waals surface area contributed by atoms with Crippen LogP contribution in [0.15, 0.2) is 17.1 Å². The molecule has 0 aromatic carbocycles. The molecule has 1 heterocycles. The van der Waals surface area contributed by atoms with Gasteiger partial charge in [0.15, 0.2) is 5.96 Å².